The lowest BCUT2D eigenvalue weighted by atomic mass is 10.1. The second-order valence-electron chi connectivity index (χ2n) is 3.84. The monoisotopic (exact) mass is 154 g/mol. The molecule has 0 aromatic carbocycles. The first-order valence-corrected chi connectivity index (χ1v) is 4.09. The average Bonchev–Trinajstić information content (AvgIpc) is 1.85. The Morgan fingerprint density at radius 1 is 1.09 bits per heavy atom. The fourth-order valence-electron chi connectivity index (χ4n) is 1.04. The van der Waals surface area contributed by atoms with Crippen molar-refractivity contribution >= 4 is 0 Å². The van der Waals surface area contributed by atoms with E-state index in [0.717, 1.165) is 13.1 Å². The van der Waals surface area contributed by atoms with Crippen molar-refractivity contribution in [3.8, 4) is 0 Å². The molecule has 0 aliphatic carbocycles. The lowest BCUT2D eigenvalue weighted by Crippen LogP contribution is -3.18. The Hall–Kier alpha value is -0.560. The Bertz CT molecular complexity index is 120. The van der Waals surface area contributed by atoms with Crippen molar-refractivity contribution in [2.45, 2.75) is 26.3 Å². The van der Waals surface area contributed by atoms with E-state index in [9.17, 15) is 0 Å². The SMILES string of the molecule is C=CC[NH+](CC=C)C(C)(C)C. The van der Waals surface area contributed by atoms with Crippen LogP contribution in [-0.4, -0.2) is 18.6 Å². The fourth-order valence-corrected chi connectivity index (χ4v) is 1.04. The zero-order valence-corrected chi connectivity index (χ0v) is 7.98. The van der Waals surface area contributed by atoms with Gasteiger partial charge in [-0.05, 0) is 32.9 Å². The Balaban J connectivity index is 4.08. The summed E-state index contributed by atoms with van der Waals surface area (Å²) >= 11 is 0. The summed E-state index contributed by atoms with van der Waals surface area (Å²) in [7, 11) is 0. The van der Waals surface area contributed by atoms with Gasteiger partial charge in [0.2, 0.25) is 0 Å². The van der Waals surface area contributed by atoms with Gasteiger partial charge in [-0.1, -0.05) is 13.2 Å². The minimum Gasteiger partial charge on any atom is -0.324 e. The van der Waals surface area contributed by atoms with E-state index in [0.29, 0.717) is 5.54 Å². The summed E-state index contributed by atoms with van der Waals surface area (Å²) in [6.45, 7) is 16.2. The van der Waals surface area contributed by atoms with Crippen LogP contribution in [0.3, 0.4) is 0 Å². The zero-order valence-electron chi connectivity index (χ0n) is 7.98. The predicted molar refractivity (Wildman–Crippen MR) is 50.8 cm³/mol. The van der Waals surface area contributed by atoms with Gasteiger partial charge in [-0.15, -0.1) is 0 Å². The molecule has 11 heavy (non-hydrogen) atoms. The summed E-state index contributed by atoms with van der Waals surface area (Å²) in [4.78, 5) is 1.50. The first kappa shape index (κ1) is 10.4. The number of quaternary nitrogens is 1. The van der Waals surface area contributed by atoms with E-state index in [1.165, 1.54) is 4.90 Å². The van der Waals surface area contributed by atoms with Crippen LogP contribution < -0.4 is 4.90 Å². The number of nitrogens with one attached hydrogen (secondary N) is 1. The van der Waals surface area contributed by atoms with Crippen molar-refractivity contribution in [1.29, 1.82) is 0 Å². The normalized spacial score (nSPS) is 11.6. The molecule has 0 saturated carbocycles. The van der Waals surface area contributed by atoms with Gasteiger partial charge in [0, 0.05) is 0 Å². The Morgan fingerprint density at radius 3 is 1.64 bits per heavy atom. The first-order valence-electron chi connectivity index (χ1n) is 4.09. The molecule has 0 aliphatic heterocycles. The highest BCUT2D eigenvalue weighted by molar-refractivity contribution is 4.71. The summed E-state index contributed by atoms with van der Waals surface area (Å²) in [5.74, 6) is 0. The third-order valence-corrected chi connectivity index (χ3v) is 1.84. The average molecular weight is 154 g/mol. The summed E-state index contributed by atoms with van der Waals surface area (Å²) in [6.07, 6.45) is 3.92. The molecule has 0 radical (unpaired) electrons. The molecule has 0 spiro atoms. The topological polar surface area (TPSA) is 4.44 Å². The van der Waals surface area contributed by atoms with E-state index >= 15 is 0 Å². The largest absolute Gasteiger partial charge is 0.324 e. The third-order valence-electron chi connectivity index (χ3n) is 1.84. The van der Waals surface area contributed by atoms with Crippen molar-refractivity contribution in [1.82, 2.24) is 0 Å². The van der Waals surface area contributed by atoms with Gasteiger partial charge in [-0.2, -0.15) is 0 Å². The van der Waals surface area contributed by atoms with Crippen LogP contribution in [0, 0.1) is 0 Å². The molecule has 0 aromatic heterocycles. The van der Waals surface area contributed by atoms with Crippen LogP contribution in [0.2, 0.25) is 0 Å². The van der Waals surface area contributed by atoms with Gasteiger partial charge in [-0.25, -0.2) is 0 Å². The maximum absolute atomic E-state index is 3.74. The maximum atomic E-state index is 3.74. The van der Waals surface area contributed by atoms with Crippen molar-refractivity contribution in [3.63, 3.8) is 0 Å². The highest BCUT2D eigenvalue weighted by atomic mass is 15.2. The highest BCUT2D eigenvalue weighted by Crippen LogP contribution is 1.91. The molecule has 1 heteroatoms. The molecule has 0 aliphatic rings. The quantitative estimate of drug-likeness (QED) is 0.577. The molecular formula is C10H20N+. The fraction of sp³-hybridized carbons (Fsp3) is 0.600. The lowest BCUT2D eigenvalue weighted by molar-refractivity contribution is -0.935. The van der Waals surface area contributed by atoms with Gasteiger partial charge in [0.1, 0.15) is 0 Å². The van der Waals surface area contributed by atoms with Crippen LogP contribution in [0.5, 0.6) is 0 Å². The Kier molecular flexibility index (Phi) is 4.12. The molecule has 64 valence electrons. The molecule has 1 N–H and O–H groups in total. The molecule has 0 heterocycles. The van der Waals surface area contributed by atoms with Gasteiger partial charge < -0.3 is 4.90 Å². The molecular weight excluding hydrogens is 134 g/mol. The van der Waals surface area contributed by atoms with E-state index in [2.05, 4.69) is 33.9 Å². The van der Waals surface area contributed by atoms with Crippen LogP contribution in [-0.2, 0) is 0 Å². The number of hydrogen-bond donors (Lipinski definition) is 1. The van der Waals surface area contributed by atoms with E-state index in [-0.39, 0.29) is 0 Å². The maximum Gasteiger partial charge on any atom is 0.0961 e. The zero-order chi connectivity index (χ0) is 8.91. The van der Waals surface area contributed by atoms with Gasteiger partial charge in [0.25, 0.3) is 0 Å². The van der Waals surface area contributed by atoms with Crippen molar-refractivity contribution < 1.29 is 4.90 Å². The predicted octanol–water partition coefficient (Wildman–Crippen LogP) is 1.04. The van der Waals surface area contributed by atoms with Crippen LogP contribution in [0.4, 0.5) is 0 Å². The third kappa shape index (κ3) is 3.99. The van der Waals surface area contributed by atoms with E-state index in [1.54, 1.807) is 0 Å². The summed E-state index contributed by atoms with van der Waals surface area (Å²) in [5.41, 5.74) is 0.294. The summed E-state index contributed by atoms with van der Waals surface area (Å²) < 4.78 is 0. The van der Waals surface area contributed by atoms with E-state index < -0.39 is 0 Å². The van der Waals surface area contributed by atoms with Gasteiger partial charge in [0.15, 0.2) is 0 Å². The summed E-state index contributed by atoms with van der Waals surface area (Å²) in [6, 6.07) is 0. The molecule has 0 saturated heterocycles. The number of hydrogen-bond acceptors (Lipinski definition) is 0. The van der Waals surface area contributed by atoms with Crippen molar-refractivity contribution in [2.24, 2.45) is 0 Å². The Labute approximate surface area is 70.4 Å². The second kappa shape index (κ2) is 4.35. The van der Waals surface area contributed by atoms with Gasteiger partial charge >= 0.3 is 0 Å². The second-order valence-corrected chi connectivity index (χ2v) is 3.84. The minimum atomic E-state index is 0.294. The van der Waals surface area contributed by atoms with Crippen LogP contribution in [0.1, 0.15) is 20.8 Å². The van der Waals surface area contributed by atoms with E-state index in [1.807, 2.05) is 12.2 Å². The molecule has 0 amide bonds. The smallest absolute Gasteiger partial charge is 0.0961 e. The molecule has 0 bridgehead atoms. The minimum absolute atomic E-state index is 0.294. The van der Waals surface area contributed by atoms with Crippen molar-refractivity contribution in [2.75, 3.05) is 13.1 Å². The van der Waals surface area contributed by atoms with Crippen LogP contribution in [0.15, 0.2) is 25.3 Å². The van der Waals surface area contributed by atoms with Crippen molar-refractivity contribution in [3.05, 3.63) is 25.3 Å². The Morgan fingerprint density at radius 2 is 1.45 bits per heavy atom. The standard InChI is InChI=1S/C10H19N/c1-6-8-11(9-7-2)10(3,4)5/h6-7H,1-2,8-9H2,3-5H3/p+1. The molecule has 0 rings (SSSR count). The van der Waals surface area contributed by atoms with Gasteiger partial charge in [-0.3, -0.25) is 0 Å². The number of rotatable bonds is 4. The lowest BCUT2D eigenvalue weighted by Gasteiger charge is -2.30. The summed E-state index contributed by atoms with van der Waals surface area (Å²) in [5, 5.41) is 0. The first-order chi connectivity index (χ1) is 5.02. The molecule has 1 nitrogen and oxygen atoms in total. The van der Waals surface area contributed by atoms with Gasteiger partial charge in [0.05, 0.1) is 18.6 Å². The van der Waals surface area contributed by atoms with Crippen LogP contribution in [0.25, 0.3) is 0 Å². The molecule has 0 atom stereocenters. The highest BCUT2D eigenvalue weighted by Gasteiger charge is 2.21. The van der Waals surface area contributed by atoms with E-state index in [4.69, 9.17) is 0 Å². The molecule has 0 fully saturated rings. The molecule has 0 unspecified atom stereocenters. The van der Waals surface area contributed by atoms with Crippen LogP contribution >= 0.6 is 0 Å². The molecule has 0 aromatic rings.